The fourth-order valence-corrected chi connectivity index (χ4v) is 2.42. The highest BCUT2D eigenvalue weighted by atomic mass is 35.5. The Morgan fingerprint density at radius 2 is 1.83 bits per heavy atom. The molecule has 0 aliphatic carbocycles. The van der Waals surface area contributed by atoms with Gasteiger partial charge in [0.25, 0.3) is 0 Å². The SMILES string of the molecule is C[C@H](N)C(=O)O[C@@H](C)[C@H](Oc1ccccc1)c1ccc(F)cc1Cl. The van der Waals surface area contributed by atoms with E-state index in [1.54, 1.807) is 19.1 Å². The third-order valence-electron chi connectivity index (χ3n) is 3.38. The first kappa shape index (κ1) is 18.2. The number of para-hydroxylation sites is 1. The summed E-state index contributed by atoms with van der Waals surface area (Å²) in [6.45, 7) is 3.21. The van der Waals surface area contributed by atoms with Crippen LogP contribution < -0.4 is 10.5 Å². The first-order valence-corrected chi connectivity index (χ1v) is 7.89. The minimum absolute atomic E-state index is 0.194. The van der Waals surface area contributed by atoms with E-state index in [1.807, 2.05) is 18.2 Å². The fourth-order valence-electron chi connectivity index (χ4n) is 2.14. The van der Waals surface area contributed by atoms with Gasteiger partial charge in [-0.25, -0.2) is 4.39 Å². The lowest BCUT2D eigenvalue weighted by Gasteiger charge is -2.27. The van der Waals surface area contributed by atoms with E-state index in [-0.39, 0.29) is 5.02 Å². The predicted molar refractivity (Wildman–Crippen MR) is 90.4 cm³/mol. The smallest absolute Gasteiger partial charge is 0.323 e. The van der Waals surface area contributed by atoms with E-state index in [9.17, 15) is 9.18 Å². The molecular weight excluding hydrogens is 333 g/mol. The summed E-state index contributed by atoms with van der Waals surface area (Å²) in [6, 6.07) is 12.3. The normalized spacial score (nSPS) is 14.5. The number of nitrogens with two attached hydrogens (primary N) is 1. The van der Waals surface area contributed by atoms with E-state index < -0.39 is 30.0 Å². The predicted octanol–water partition coefficient (Wildman–Crippen LogP) is 3.88. The summed E-state index contributed by atoms with van der Waals surface area (Å²) >= 11 is 6.15. The van der Waals surface area contributed by atoms with Crippen molar-refractivity contribution in [3.8, 4) is 5.75 Å². The molecule has 0 spiro atoms. The second-order valence-electron chi connectivity index (χ2n) is 5.45. The quantitative estimate of drug-likeness (QED) is 0.802. The monoisotopic (exact) mass is 351 g/mol. The first-order valence-electron chi connectivity index (χ1n) is 7.51. The Balaban J connectivity index is 2.31. The molecule has 0 aliphatic rings. The Kier molecular flexibility index (Phi) is 6.17. The highest BCUT2D eigenvalue weighted by molar-refractivity contribution is 6.31. The lowest BCUT2D eigenvalue weighted by Crippen LogP contribution is -2.35. The number of hydrogen-bond acceptors (Lipinski definition) is 4. The topological polar surface area (TPSA) is 61.6 Å². The van der Waals surface area contributed by atoms with Crippen molar-refractivity contribution in [3.05, 3.63) is 64.9 Å². The highest BCUT2D eigenvalue weighted by Gasteiger charge is 2.28. The van der Waals surface area contributed by atoms with Gasteiger partial charge < -0.3 is 15.2 Å². The van der Waals surface area contributed by atoms with E-state index in [1.165, 1.54) is 25.1 Å². The van der Waals surface area contributed by atoms with E-state index in [4.69, 9.17) is 26.8 Å². The number of benzene rings is 2. The van der Waals surface area contributed by atoms with Crippen LogP contribution in [-0.4, -0.2) is 18.1 Å². The number of carbonyl (C=O) groups excluding carboxylic acids is 1. The van der Waals surface area contributed by atoms with Gasteiger partial charge in [0.1, 0.15) is 23.7 Å². The zero-order chi connectivity index (χ0) is 17.7. The summed E-state index contributed by atoms with van der Waals surface area (Å²) in [7, 11) is 0. The molecule has 2 aromatic rings. The van der Waals surface area contributed by atoms with Gasteiger partial charge in [-0.1, -0.05) is 35.9 Å². The molecule has 0 radical (unpaired) electrons. The van der Waals surface area contributed by atoms with Crippen molar-refractivity contribution in [2.24, 2.45) is 5.73 Å². The number of carbonyl (C=O) groups is 1. The van der Waals surface area contributed by atoms with Gasteiger partial charge in [-0.2, -0.15) is 0 Å². The summed E-state index contributed by atoms with van der Waals surface area (Å²) in [5.41, 5.74) is 6.05. The van der Waals surface area contributed by atoms with Gasteiger partial charge in [0.05, 0.1) is 5.02 Å². The molecule has 128 valence electrons. The van der Waals surface area contributed by atoms with Crippen molar-refractivity contribution in [2.45, 2.75) is 32.1 Å². The van der Waals surface area contributed by atoms with Crippen LogP contribution in [0.4, 0.5) is 4.39 Å². The maximum absolute atomic E-state index is 13.3. The molecular formula is C18H19ClFNO3. The second-order valence-corrected chi connectivity index (χ2v) is 5.86. The maximum Gasteiger partial charge on any atom is 0.323 e. The lowest BCUT2D eigenvalue weighted by atomic mass is 10.0. The van der Waals surface area contributed by atoms with Crippen molar-refractivity contribution >= 4 is 17.6 Å². The summed E-state index contributed by atoms with van der Waals surface area (Å²) in [4.78, 5) is 11.8. The molecule has 0 bridgehead atoms. The third-order valence-corrected chi connectivity index (χ3v) is 3.70. The van der Waals surface area contributed by atoms with E-state index in [0.29, 0.717) is 11.3 Å². The van der Waals surface area contributed by atoms with E-state index in [0.717, 1.165) is 0 Å². The van der Waals surface area contributed by atoms with Crippen LogP contribution >= 0.6 is 11.6 Å². The number of rotatable bonds is 6. The van der Waals surface area contributed by atoms with Gasteiger partial charge in [0.15, 0.2) is 6.10 Å². The lowest BCUT2D eigenvalue weighted by molar-refractivity contribution is -0.154. The number of halogens is 2. The third kappa shape index (κ3) is 4.69. The van der Waals surface area contributed by atoms with Crippen LogP contribution in [0.25, 0.3) is 0 Å². The summed E-state index contributed by atoms with van der Waals surface area (Å²) in [5.74, 6) is -0.434. The molecule has 2 aromatic carbocycles. The molecule has 2 N–H and O–H groups in total. The van der Waals surface area contributed by atoms with E-state index >= 15 is 0 Å². The molecule has 6 heteroatoms. The average molecular weight is 352 g/mol. The molecule has 0 saturated heterocycles. The molecule has 0 aliphatic heterocycles. The zero-order valence-corrected chi connectivity index (χ0v) is 14.2. The Bertz CT molecular complexity index is 694. The van der Waals surface area contributed by atoms with Gasteiger partial charge >= 0.3 is 5.97 Å². The van der Waals surface area contributed by atoms with Gasteiger partial charge in [-0.15, -0.1) is 0 Å². The van der Waals surface area contributed by atoms with Gasteiger partial charge in [-0.05, 0) is 38.1 Å². The largest absolute Gasteiger partial charge is 0.482 e. The molecule has 24 heavy (non-hydrogen) atoms. The van der Waals surface area contributed by atoms with Gasteiger partial charge in [0.2, 0.25) is 0 Å². The van der Waals surface area contributed by atoms with Crippen LogP contribution in [0.5, 0.6) is 5.75 Å². The molecule has 0 unspecified atom stereocenters. The van der Waals surface area contributed by atoms with Crippen LogP contribution in [0.1, 0.15) is 25.5 Å². The Labute approximate surface area is 145 Å². The van der Waals surface area contributed by atoms with Crippen LogP contribution in [0.3, 0.4) is 0 Å². The standard InChI is InChI=1S/C18H19ClFNO3/c1-11(21)18(22)23-12(2)17(24-14-6-4-3-5-7-14)15-9-8-13(20)10-16(15)19/h3-12,17H,21H2,1-2H3/t11-,12-,17-/m0/s1. The van der Waals surface area contributed by atoms with Gasteiger partial charge in [-0.3, -0.25) is 4.79 Å². The first-order chi connectivity index (χ1) is 11.4. The van der Waals surface area contributed by atoms with Crippen molar-refractivity contribution in [1.29, 1.82) is 0 Å². The number of ether oxygens (including phenoxy) is 2. The number of esters is 1. The van der Waals surface area contributed by atoms with Gasteiger partial charge in [0, 0.05) is 5.56 Å². The molecule has 4 nitrogen and oxygen atoms in total. The summed E-state index contributed by atoms with van der Waals surface area (Å²) in [6.07, 6.45) is -1.38. The Morgan fingerprint density at radius 1 is 1.17 bits per heavy atom. The van der Waals surface area contributed by atoms with Crippen molar-refractivity contribution in [3.63, 3.8) is 0 Å². The molecule has 0 fully saturated rings. The van der Waals surface area contributed by atoms with Crippen molar-refractivity contribution < 1.29 is 18.7 Å². The van der Waals surface area contributed by atoms with Crippen LogP contribution in [0, 0.1) is 5.82 Å². The van der Waals surface area contributed by atoms with Crippen molar-refractivity contribution in [2.75, 3.05) is 0 Å². The number of hydrogen-bond donors (Lipinski definition) is 1. The average Bonchev–Trinajstić information content (AvgIpc) is 2.54. The highest BCUT2D eigenvalue weighted by Crippen LogP contribution is 2.32. The van der Waals surface area contributed by atoms with Crippen LogP contribution in [0.15, 0.2) is 48.5 Å². The Hall–Kier alpha value is -2.11. The summed E-state index contributed by atoms with van der Waals surface area (Å²) in [5, 5.41) is 0.194. The second kappa shape index (κ2) is 8.13. The molecule has 2 rings (SSSR count). The molecule has 0 saturated carbocycles. The molecule has 0 aromatic heterocycles. The zero-order valence-electron chi connectivity index (χ0n) is 13.4. The van der Waals surface area contributed by atoms with Crippen LogP contribution in [0.2, 0.25) is 5.02 Å². The van der Waals surface area contributed by atoms with Crippen molar-refractivity contribution in [1.82, 2.24) is 0 Å². The van der Waals surface area contributed by atoms with Crippen LogP contribution in [-0.2, 0) is 9.53 Å². The fraction of sp³-hybridized carbons (Fsp3) is 0.278. The molecule has 3 atom stereocenters. The molecule has 0 amide bonds. The molecule has 0 heterocycles. The maximum atomic E-state index is 13.3. The Morgan fingerprint density at radius 3 is 2.42 bits per heavy atom. The van der Waals surface area contributed by atoms with E-state index in [2.05, 4.69) is 0 Å². The summed E-state index contributed by atoms with van der Waals surface area (Å²) < 4.78 is 24.6. The minimum atomic E-state index is -0.756. The minimum Gasteiger partial charge on any atom is -0.482 e.